The Hall–Kier alpha value is -1.92. The van der Waals surface area contributed by atoms with Crippen LogP contribution >= 0.6 is 11.6 Å². The molecule has 2 aromatic rings. The number of halogens is 1. The Bertz CT molecular complexity index is 815. The molecule has 2 aromatic heterocycles. The van der Waals surface area contributed by atoms with Crippen molar-refractivity contribution in [2.45, 2.75) is 50.7 Å². The third-order valence-electron chi connectivity index (χ3n) is 4.07. The van der Waals surface area contributed by atoms with Gasteiger partial charge < -0.3 is 20.7 Å². The van der Waals surface area contributed by atoms with Gasteiger partial charge in [-0.1, -0.05) is 19.3 Å². The molecule has 134 valence electrons. The fourth-order valence-electron chi connectivity index (χ4n) is 2.67. The molecule has 0 spiro atoms. The van der Waals surface area contributed by atoms with Crippen molar-refractivity contribution in [3.05, 3.63) is 12.2 Å². The number of anilines is 1. The van der Waals surface area contributed by atoms with Gasteiger partial charge in [-0.2, -0.15) is 0 Å². The molecule has 1 aliphatic rings. The van der Waals surface area contributed by atoms with Crippen LogP contribution in [0.4, 0.5) is 5.82 Å². The Balaban J connectivity index is 1.97. The van der Waals surface area contributed by atoms with Crippen molar-refractivity contribution in [2.75, 3.05) is 11.6 Å². The van der Waals surface area contributed by atoms with Gasteiger partial charge in [0.2, 0.25) is 5.82 Å². The second kappa shape index (κ2) is 7.54. The quantitative estimate of drug-likeness (QED) is 0.416. The highest BCUT2D eigenvalue weighted by molar-refractivity contribution is 6.18. The van der Waals surface area contributed by atoms with E-state index < -0.39 is 24.5 Å². The van der Waals surface area contributed by atoms with Gasteiger partial charge in [-0.25, -0.2) is 15.0 Å². The summed E-state index contributed by atoms with van der Waals surface area (Å²) in [6.07, 6.45) is 0.480. The van der Waals surface area contributed by atoms with Crippen molar-refractivity contribution < 1.29 is 14.9 Å². The van der Waals surface area contributed by atoms with Crippen LogP contribution in [0.25, 0.3) is 11.2 Å². The van der Waals surface area contributed by atoms with Gasteiger partial charge in [0.25, 0.3) is 0 Å². The molecular formula is C16H20ClN5O3. The highest BCUT2D eigenvalue weighted by Gasteiger charge is 2.43. The molecule has 9 heteroatoms. The molecule has 1 fully saturated rings. The van der Waals surface area contributed by atoms with Crippen LogP contribution in [0.15, 0.2) is 6.33 Å². The Morgan fingerprint density at radius 3 is 2.84 bits per heavy atom. The summed E-state index contributed by atoms with van der Waals surface area (Å²) >= 11 is 5.76. The smallest absolute Gasteiger partial charge is 0.208 e. The third-order valence-corrected chi connectivity index (χ3v) is 4.37. The Kier molecular flexibility index (Phi) is 5.39. The fourth-order valence-corrected chi connectivity index (χ4v) is 2.93. The molecule has 3 rings (SSSR count). The molecule has 0 radical (unpaired) electrons. The van der Waals surface area contributed by atoms with Crippen molar-refractivity contribution in [1.82, 2.24) is 19.5 Å². The van der Waals surface area contributed by atoms with Crippen LogP contribution in [-0.2, 0) is 4.74 Å². The molecule has 3 heterocycles. The number of aliphatic hydroxyl groups is 2. The monoisotopic (exact) mass is 365 g/mol. The van der Waals surface area contributed by atoms with Gasteiger partial charge >= 0.3 is 0 Å². The van der Waals surface area contributed by atoms with Gasteiger partial charge in [0.15, 0.2) is 17.7 Å². The predicted octanol–water partition coefficient (Wildman–Crippen LogP) is 0.808. The normalized spacial score (nSPS) is 25.9. The Morgan fingerprint density at radius 2 is 2.16 bits per heavy atom. The lowest BCUT2D eigenvalue weighted by Crippen LogP contribution is -2.32. The minimum absolute atomic E-state index is 0.0621. The number of nitrogen functional groups attached to an aromatic ring is 1. The molecule has 8 nitrogen and oxygen atoms in total. The van der Waals surface area contributed by atoms with Crippen LogP contribution in [0.1, 0.15) is 38.2 Å². The SMILES string of the molecule is CCCCC#Cc1nc(N)c2ncn([C@@H]3O[C@H](CCl)[C@@H](O)[C@H]3O)c2n1. The summed E-state index contributed by atoms with van der Waals surface area (Å²) in [6, 6.07) is 0. The van der Waals surface area contributed by atoms with Crippen molar-refractivity contribution in [2.24, 2.45) is 0 Å². The van der Waals surface area contributed by atoms with E-state index in [9.17, 15) is 10.2 Å². The molecule has 0 amide bonds. The summed E-state index contributed by atoms with van der Waals surface area (Å²) < 4.78 is 7.15. The van der Waals surface area contributed by atoms with E-state index in [4.69, 9.17) is 22.1 Å². The van der Waals surface area contributed by atoms with Crippen molar-refractivity contribution in [3.8, 4) is 11.8 Å². The van der Waals surface area contributed by atoms with E-state index >= 15 is 0 Å². The zero-order valence-corrected chi connectivity index (χ0v) is 14.5. The topological polar surface area (TPSA) is 119 Å². The second-order valence-corrected chi connectivity index (χ2v) is 6.17. The number of nitrogens with zero attached hydrogens (tertiary/aromatic N) is 4. The number of fused-ring (bicyclic) bond motifs is 1. The number of aromatic nitrogens is 4. The first-order chi connectivity index (χ1) is 12.1. The third kappa shape index (κ3) is 3.41. The summed E-state index contributed by atoms with van der Waals surface area (Å²) in [5.41, 5.74) is 6.72. The minimum Gasteiger partial charge on any atom is -0.387 e. The highest BCUT2D eigenvalue weighted by Crippen LogP contribution is 2.32. The van der Waals surface area contributed by atoms with Gasteiger partial charge in [0, 0.05) is 6.42 Å². The maximum Gasteiger partial charge on any atom is 0.208 e. The summed E-state index contributed by atoms with van der Waals surface area (Å²) in [4.78, 5) is 12.7. The first-order valence-electron chi connectivity index (χ1n) is 8.13. The number of aliphatic hydroxyl groups excluding tert-OH is 2. The molecule has 25 heavy (non-hydrogen) atoms. The van der Waals surface area contributed by atoms with Crippen LogP contribution in [0.2, 0.25) is 0 Å². The average molecular weight is 366 g/mol. The number of imidazole rings is 1. The number of alkyl halides is 1. The number of ether oxygens (including phenoxy) is 1. The van der Waals surface area contributed by atoms with E-state index in [2.05, 4.69) is 33.7 Å². The summed E-state index contributed by atoms with van der Waals surface area (Å²) in [6.45, 7) is 2.09. The summed E-state index contributed by atoms with van der Waals surface area (Å²) in [5, 5.41) is 20.2. The minimum atomic E-state index is -1.16. The van der Waals surface area contributed by atoms with E-state index in [-0.39, 0.29) is 17.5 Å². The number of unbranched alkanes of at least 4 members (excludes halogenated alkanes) is 2. The number of hydrogen-bond acceptors (Lipinski definition) is 7. The summed E-state index contributed by atoms with van der Waals surface area (Å²) in [5.74, 6) is 6.45. The number of nitrogens with two attached hydrogens (primary N) is 1. The molecule has 1 aliphatic heterocycles. The maximum absolute atomic E-state index is 10.2. The van der Waals surface area contributed by atoms with Gasteiger partial charge in [-0.3, -0.25) is 4.57 Å². The lowest BCUT2D eigenvalue weighted by Gasteiger charge is -2.16. The van der Waals surface area contributed by atoms with Crippen molar-refractivity contribution >= 4 is 28.6 Å². The zero-order valence-electron chi connectivity index (χ0n) is 13.8. The molecular weight excluding hydrogens is 346 g/mol. The van der Waals surface area contributed by atoms with Gasteiger partial charge in [0.1, 0.15) is 23.8 Å². The molecule has 0 aromatic carbocycles. The van der Waals surface area contributed by atoms with Crippen LogP contribution in [-0.4, -0.2) is 53.9 Å². The first kappa shape index (κ1) is 17.9. The van der Waals surface area contributed by atoms with Crippen LogP contribution in [0.5, 0.6) is 0 Å². The molecule has 1 saturated heterocycles. The lowest BCUT2D eigenvalue weighted by molar-refractivity contribution is -0.0291. The molecule has 4 N–H and O–H groups in total. The van der Waals surface area contributed by atoms with Gasteiger partial charge in [0.05, 0.1) is 12.2 Å². The predicted molar refractivity (Wildman–Crippen MR) is 92.8 cm³/mol. The molecule has 0 saturated carbocycles. The van der Waals surface area contributed by atoms with Crippen molar-refractivity contribution in [3.63, 3.8) is 0 Å². The van der Waals surface area contributed by atoms with Crippen LogP contribution < -0.4 is 5.73 Å². The second-order valence-electron chi connectivity index (χ2n) is 5.86. The Labute approximate surface area is 150 Å². The van der Waals surface area contributed by atoms with E-state index in [0.29, 0.717) is 11.2 Å². The zero-order chi connectivity index (χ0) is 18.0. The first-order valence-corrected chi connectivity index (χ1v) is 8.66. The lowest BCUT2D eigenvalue weighted by atomic mass is 10.1. The van der Waals surface area contributed by atoms with Gasteiger partial charge in [-0.15, -0.1) is 11.6 Å². The Morgan fingerprint density at radius 1 is 1.36 bits per heavy atom. The van der Waals surface area contributed by atoms with Crippen molar-refractivity contribution in [1.29, 1.82) is 0 Å². The number of hydrogen-bond donors (Lipinski definition) is 3. The van der Waals surface area contributed by atoms with Crippen LogP contribution in [0, 0.1) is 11.8 Å². The molecule has 0 unspecified atom stereocenters. The fraction of sp³-hybridized carbons (Fsp3) is 0.562. The molecule has 4 atom stereocenters. The van der Waals surface area contributed by atoms with Crippen LogP contribution in [0.3, 0.4) is 0 Å². The average Bonchev–Trinajstić information content (AvgIpc) is 3.14. The summed E-state index contributed by atoms with van der Waals surface area (Å²) in [7, 11) is 0. The van der Waals surface area contributed by atoms with E-state index in [1.54, 1.807) is 0 Å². The molecule has 0 aliphatic carbocycles. The number of rotatable bonds is 4. The van der Waals surface area contributed by atoms with E-state index in [1.165, 1.54) is 10.9 Å². The highest BCUT2D eigenvalue weighted by atomic mass is 35.5. The largest absolute Gasteiger partial charge is 0.387 e. The molecule has 0 bridgehead atoms. The standard InChI is InChI=1S/C16H20ClN5O3/c1-2-3-4-5-6-10-20-14(18)11-15(21-10)22(8-19-11)16-13(24)12(23)9(7-17)25-16/h8-9,12-13,16,23-24H,2-4,7H2,1H3,(H2,18,20,21)/t9-,12-,13-,16-/m1/s1. The van der Waals surface area contributed by atoms with E-state index in [0.717, 1.165) is 19.3 Å². The van der Waals surface area contributed by atoms with E-state index in [1.807, 2.05) is 0 Å². The maximum atomic E-state index is 10.2. The van der Waals surface area contributed by atoms with Gasteiger partial charge in [-0.05, 0) is 12.3 Å².